The van der Waals surface area contributed by atoms with Gasteiger partial charge in [-0.15, -0.1) is 11.6 Å². The minimum absolute atomic E-state index is 0.326. The number of aliphatic hydroxyl groups excluding tert-OH is 1. The molecule has 1 rings (SSSR count). The van der Waals surface area contributed by atoms with Gasteiger partial charge in [0.1, 0.15) is 0 Å². The number of rotatable bonds is 4. The van der Waals surface area contributed by atoms with Gasteiger partial charge < -0.3 is 5.11 Å². The molecule has 0 aliphatic rings. The fraction of sp³-hybridized carbons (Fsp3) is 0.400. The first-order valence-corrected chi connectivity index (χ1v) is 4.64. The van der Waals surface area contributed by atoms with Crippen molar-refractivity contribution in [1.82, 2.24) is 0 Å². The van der Waals surface area contributed by atoms with Crippen molar-refractivity contribution in [1.29, 1.82) is 0 Å². The Bertz CT molecular complexity index is 210. The molecule has 0 saturated heterocycles. The molecular weight excluding hydrogens is 172 g/mol. The third kappa shape index (κ3) is 3.24. The first kappa shape index (κ1) is 9.56. The molecule has 1 aromatic rings. The number of hydrogen-bond acceptors (Lipinski definition) is 1. The topological polar surface area (TPSA) is 20.2 Å². The van der Waals surface area contributed by atoms with Crippen LogP contribution in [0.2, 0.25) is 0 Å². The van der Waals surface area contributed by atoms with Crippen molar-refractivity contribution in [3.05, 3.63) is 35.9 Å². The van der Waals surface area contributed by atoms with Gasteiger partial charge in [0.2, 0.25) is 0 Å². The van der Waals surface area contributed by atoms with Crippen LogP contribution in [0.25, 0.3) is 0 Å². The van der Waals surface area contributed by atoms with Gasteiger partial charge in [-0.25, -0.2) is 0 Å². The highest BCUT2D eigenvalue weighted by Crippen LogP contribution is 2.05. The maximum absolute atomic E-state index is 9.19. The summed E-state index contributed by atoms with van der Waals surface area (Å²) in [6.45, 7) is 0. The van der Waals surface area contributed by atoms with Crippen LogP contribution in [-0.4, -0.2) is 17.1 Å². The van der Waals surface area contributed by atoms with Crippen LogP contribution in [0.15, 0.2) is 30.3 Å². The van der Waals surface area contributed by atoms with Gasteiger partial charge in [-0.05, 0) is 18.4 Å². The van der Waals surface area contributed by atoms with E-state index in [4.69, 9.17) is 11.6 Å². The minimum atomic E-state index is -0.369. The summed E-state index contributed by atoms with van der Waals surface area (Å²) in [5, 5.41) is 9.19. The van der Waals surface area contributed by atoms with E-state index < -0.39 is 0 Å². The van der Waals surface area contributed by atoms with Crippen LogP contribution in [0.3, 0.4) is 0 Å². The quantitative estimate of drug-likeness (QED) is 0.712. The van der Waals surface area contributed by atoms with Crippen molar-refractivity contribution in [2.75, 3.05) is 5.88 Å². The van der Waals surface area contributed by atoms with Gasteiger partial charge in [0.15, 0.2) is 0 Å². The first-order chi connectivity index (χ1) is 5.83. The lowest BCUT2D eigenvalue weighted by Gasteiger charge is -2.05. The van der Waals surface area contributed by atoms with Crippen molar-refractivity contribution in [2.45, 2.75) is 18.9 Å². The third-order valence-electron chi connectivity index (χ3n) is 1.79. The molecule has 0 bridgehead atoms. The van der Waals surface area contributed by atoms with Crippen LogP contribution < -0.4 is 0 Å². The number of aryl methyl sites for hydroxylation is 1. The molecule has 1 nitrogen and oxygen atoms in total. The summed E-state index contributed by atoms with van der Waals surface area (Å²) in [6.07, 6.45) is 1.27. The van der Waals surface area contributed by atoms with Crippen molar-refractivity contribution >= 4 is 11.6 Å². The molecule has 0 fully saturated rings. The van der Waals surface area contributed by atoms with Crippen molar-refractivity contribution in [3.8, 4) is 0 Å². The molecule has 0 spiro atoms. The maximum atomic E-state index is 9.19. The fourth-order valence-electron chi connectivity index (χ4n) is 1.06. The van der Waals surface area contributed by atoms with Crippen LogP contribution in [-0.2, 0) is 6.42 Å². The van der Waals surface area contributed by atoms with Crippen LogP contribution in [0, 0.1) is 0 Å². The Morgan fingerprint density at radius 3 is 2.50 bits per heavy atom. The molecule has 1 N–H and O–H groups in total. The largest absolute Gasteiger partial charge is 0.392 e. The lowest BCUT2D eigenvalue weighted by Crippen LogP contribution is -2.08. The molecule has 0 saturated carbocycles. The normalized spacial score (nSPS) is 12.8. The average Bonchev–Trinajstić information content (AvgIpc) is 2.16. The Labute approximate surface area is 78.0 Å². The van der Waals surface area contributed by atoms with Gasteiger partial charge in [-0.1, -0.05) is 30.3 Å². The molecule has 0 heterocycles. The monoisotopic (exact) mass is 184 g/mol. The van der Waals surface area contributed by atoms with Crippen molar-refractivity contribution < 1.29 is 5.11 Å². The summed E-state index contributed by atoms with van der Waals surface area (Å²) in [7, 11) is 0. The van der Waals surface area contributed by atoms with Crippen molar-refractivity contribution in [3.63, 3.8) is 0 Å². The molecule has 1 unspecified atom stereocenters. The molecular formula is C10H13ClO. The van der Waals surface area contributed by atoms with E-state index in [9.17, 15) is 5.11 Å². The van der Waals surface area contributed by atoms with E-state index in [2.05, 4.69) is 12.1 Å². The second-order valence-corrected chi connectivity index (χ2v) is 3.14. The number of alkyl halides is 1. The Morgan fingerprint density at radius 1 is 1.25 bits per heavy atom. The molecule has 0 aliphatic heterocycles. The van der Waals surface area contributed by atoms with Crippen LogP contribution in [0.4, 0.5) is 0 Å². The molecule has 12 heavy (non-hydrogen) atoms. The summed E-state index contributed by atoms with van der Waals surface area (Å²) in [4.78, 5) is 0. The van der Waals surface area contributed by atoms with E-state index in [0.717, 1.165) is 12.8 Å². The average molecular weight is 185 g/mol. The molecule has 0 aliphatic carbocycles. The first-order valence-electron chi connectivity index (χ1n) is 4.11. The molecule has 0 amide bonds. The van der Waals surface area contributed by atoms with Gasteiger partial charge in [0.25, 0.3) is 0 Å². The van der Waals surface area contributed by atoms with E-state index in [0.29, 0.717) is 5.88 Å². The summed E-state index contributed by atoms with van der Waals surface area (Å²) in [5.74, 6) is 0.326. The zero-order valence-electron chi connectivity index (χ0n) is 6.91. The molecule has 1 aromatic carbocycles. The van der Waals surface area contributed by atoms with Gasteiger partial charge in [0.05, 0.1) is 6.10 Å². The highest BCUT2D eigenvalue weighted by Gasteiger charge is 2.01. The molecule has 0 radical (unpaired) electrons. The van der Waals surface area contributed by atoms with E-state index >= 15 is 0 Å². The number of aliphatic hydroxyl groups is 1. The standard InChI is InChI=1S/C10H13ClO/c11-8-10(12)7-6-9-4-2-1-3-5-9/h1-5,10,12H,6-8H2. The molecule has 2 heteroatoms. The predicted molar refractivity (Wildman–Crippen MR) is 51.5 cm³/mol. The SMILES string of the molecule is OC(CCl)CCc1ccccc1. The second kappa shape index (κ2) is 5.18. The lowest BCUT2D eigenvalue weighted by molar-refractivity contribution is 0.188. The van der Waals surface area contributed by atoms with E-state index in [-0.39, 0.29) is 6.10 Å². The zero-order chi connectivity index (χ0) is 8.81. The highest BCUT2D eigenvalue weighted by atomic mass is 35.5. The number of halogens is 1. The summed E-state index contributed by atoms with van der Waals surface area (Å²) in [6, 6.07) is 10.1. The second-order valence-electron chi connectivity index (χ2n) is 2.83. The number of benzene rings is 1. The maximum Gasteiger partial charge on any atom is 0.0678 e. The predicted octanol–water partition coefficient (Wildman–Crippen LogP) is 2.22. The fourth-order valence-corrected chi connectivity index (χ4v) is 1.21. The van der Waals surface area contributed by atoms with Gasteiger partial charge in [-0.2, -0.15) is 0 Å². The van der Waals surface area contributed by atoms with Crippen LogP contribution in [0.1, 0.15) is 12.0 Å². The molecule has 1 atom stereocenters. The Morgan fingerprint density at radius 2 is 1.92 bits per heavy atom. The summed E-state index contributed by atoms with van der Waals surface area (Å²) < 4.78 is 0. The highest BCUT2D eigenvalue weighted by molar-refractivity contribution is 6.18. The minimum Gasteiger partial charge on any atom is -0.392 e. The smallest absolute Gasteiger partial charge is 0.0678 e. The van der Waals surface area contributed by atoms with E-state index in [1.165, 1.54) is 5.56 Å². The van der Waals surface area contributed by atoms with Gasteiger partial charge in [-0.3, -0.25) is 0 Å². The van der Waals surface area contributed by atoms with E-state index in [1.807, 2.05) is 18.2 Å². The molecule has 0 aromatic heterocycles. The van der Waals surface area contributed by atoms with Gasteiger partial charge in [0, 0.05) is 5.88 Å². The Balaban J connectivity index is 2.33. The van der Waals surface area contributed by atoms with Crippen LogP contribution >= 0.6 is 11.6 Å². The lowest BCUT2D eigenvalue weighted by atomic mass is 10.1. The zero-order valence-corrected chi connectivity index (χ0v) is 7.67. The summed E-state index contributed by atoms with van der Waals surface area (Å²) >= 11 is 5.47. The molecule has 66 valence electrons. The Hall–Kier alpha value is -0.530. The summed E-state index contributed by atoms with van der Waals surface area (Å²) in [5.41, 5.74) is 1.25. The van der Waals surface area contributed by atoms with E-state index in [1.54, 1.807) is 0 Å². The van der Waals surface area contributed by atoms with Gasteiger partial charge >= 0.3 is 0 Å². The Kier molecular flexibility index (Phi) is 4.12. The van der Waals surface area contributed by atoms with Crippen molar-refractivity contribution in [2.24, 2.45) is 0 Å². The number of hydrogen-bond donors (Lipinski definition) is 1. The third-order valence-corrected chi connectivity index (χ3v) is 2.14. The van der Waals surface area contributed by atoms with Crippen LogP contribution in [0.5, 0.6) is 0 Å².